The molecule has 0 saturated heterocycles. The van der Waals surface area contributed by atoms with Gasteiger partial charge in [0.15, 0.2) is 0 Å². The minimum absolute atomic E-state index is 0.187. The number of nitrogens with zero attached hydrogens (tertiary/aromatic N) is 2. The standard InChI is InChI=1S/C22H24N4O3/c1-5-29-22(28)18-12-24-26(20(18)23)17-8-6-16(7-9-17)21(27)25-19-14(3)10-13(2)11-15(19)4/h6-12H,5,23H2,1-4H3,(H,25,27). The van der Waals surface area contributed by atoms with Gasteiger partial charge in [0.25, 0.3) is 5.91 Å². The molecule has 0 atom stereocenters. The summed E-state index contributed by atoms with van der Waals surface area (Å²) in [5.74, 6) is -0.533. The van der Waals surface area contributed by atoms with E-state index < -0.39 is 5.97 Å². The minimum Gasteiger partial charge on any atom is -0.462 e. The molecule has 7 nitrogen and oxygen atoms in total. The number of benzene rings is 2. The highest BCUT2D eigenvalue weighted by Gasteiger charge is 2.17. The molecular formula is C22H24N4O3. The molecule has 1 heterocycles. The van der Waals surface area contributed by atoms with Crippen LogP contribution in [0.25, 0.3) is 5.69 Å². The Balaban J connectivity index is 1.81. The zero-order chi connectivity index (χ0) is 21.1. The van der Waals surface area contributed by atoms with Crippen molar-refractivity contribution in [1.29, 1.82) is 0 Å². The van der Waals surface area contributed by atoms with Crippen LogP contribution in [-0.4, -0.2) is 28.3 Å². The molecule has 150 valence electrons. The van der Waals surface area contributed by atoms with Crippen molar-refractivity contribution in [2.45, 2.75) is 27.7 Å². The van der Waals surface area contributed by atoms with Crippen molar-refractivity contribution < 1.29 is 14.3 Å². The molecule has 7 heteroatoms. The lowest BCUT2D eigenvalue weighted by molar-refractivity contribution is 0.0527. The first kappa shape index (κ1) is 20.1. The van der Waals surface area contributed by atoms with Crippen molar-refractivity contribution in [1.82, 2.24) is 9.78 Å². The first-order chi connectivity index (χ1) is 13.8. The van der Waals surface area contributed by atoms with Crippen molar-refractivity contribution in [2.75, 3.05) is 17.7 Å². The van der Waals surface area contributed by atoms with Gasteiger partial charge >= 0.3 is 5.97 Å². The van der Waals surface area contributed by atoms with E-state index in [1.807, 2.05) is 32.9 Å². The molecule has 1 amide bonds. The number of nitrogen functional groups attached to an aromatic ring is 1. The number of hydrogen-bond acceptors (Lipinski definition) is 5. The predicted octanol–water partition coefficient (Wildman–Crippen LogP) is 3.81. The van der Waals surface area contributed by atoms with Gasteiger partial charge < -0.3 is 15.8 Å². The lowest BCUT2D eigenvalue weighted by Gasteiger charge is -2.13. The molecule has 0 spiro atoms. The number of nitrogens with two attached hydrogens (primary N) is 1. The lowest BCUT2D eigenvalue weighted by atomic mass is 10.0. The molecule has 0 bridgehead atoms. The molecule has 0 radical (unpaired) electrons. The zero-order valence-electron chi connectivity index (χ0n) is 16.9. The summed E-state index contributed by atoms with van der Waals surface area (Å²) in [5, 5.41) is 7.13. The number of nitrogens with one attached hydrogen (secondary N) is 1. The second-order valence-electron chi connectivity index (χ2n) is 6.85. The van der Waals surface area contributed by atoms with Gasteiger partial charge in [0, 0.05) is 11.3 Å². The van der Waals surface area contributed by atoms with Crippen LogP contribution in [0.5, 0.6) is 0 Å². The Hall–Kier alpha value is -3.61. The Kier molecular flexibility index (Phi) is 5.68. The number of aromatic nitrogens is 2. The van der Waals surface area contributed by atoms with Crippen LogP contribution in [-0.2, 0) is 4.74 Å². The number of ether oxygens (including phenoxy) is 1. The van der Waals surface area contributed by atoms with Crippen LogP contribution in [0.15, 0.2) is 42.6 Å². The van der Waals surface area contributed by atoms with Gasteiger partial charge in [0.05, 0.1) is 18.5 Å². The van der Waals surface area contributed by atoms with E-state index in [-0.39, 0.29) is 23.9 Å². The van der Waals surface area contributed by atoms with Crippen LogP contribution in [0.1, 0.15) is 44.3 Å². The Morgan fingerprint density at radius 2 is 1.72 bits per heavy atom. The molecule has 1 aromatic heterocycles. The highest BCUT2D eigenvalue weighted by Crippen LogP contribution is 2.23. The maximum Gasteiger partial charge on any atom is 0.343 e. The van der Waals surface area contributed by atoms with Gasteiger partial charge in [-0.05, 0) is 63.1 Å². The van der Waals surface area contributed by atoms with Gasteiger partial charge in [-0.2, -0.15) is 5.10 Å². The smallest absolute Gasteiger partial charge is 0.343 e. The van der Waals surface area contributed by atoms with E-state index in [4.69, 9.17) is 10.5 Å². The first-order valence-corrected chi connectivity index (χ1v) is 9.32. The molecule has 3 rings (SSSR count). The van der Waals surface area contributed by atoms with Gasteiger partial charge in [-0.1, -0.05) is 17.7 Å². The van der Waals surface area contributed by atoms with E-state index in [1.54, 1.807) is 31.2 Å². The van der Waals surface area contributed by atoms with Gasteiger partial charge in [-0.15, -0.1) is 0 Å². The Morgan fingerprint density at radius 1 is 1.10 bits per heavy atom. The number of rotatable bonds is 5. The molecule has 2 aromatic carbocycles. The molecule has 0 saturated carbocycles. The van der Waals surface area contributed by atoms with E-state index in [2.05, 4.69) is 10.4 Å². The zero-order valence-corrected chi connectivity index (χ0v) is 16.9. The van der Waals surface area contributed by atoms with Gasteiger partial charge in [-0.25, -0.2) is 9.48 Å². The molecule has 3 aromatic rings. The molecule has 0 aliphatic rings. The van der Waals surface area contributed by atoms with Gasteiger partial charge in [-0.3, -0.25) is 4.79 Å². The van der Waals surface area contributed by atoms with Crippen molar-refractivity contribution in [2.24, 2.45) is 0 Å². The topological polar surface area (TPSA) is 99.2 Å². The third kappa shape index (κ3) is 4.13. The van der Waals surface area contributed by atoms with Crippen LogP contribution >= 0.6 is 0 Å². The second kappa shape index (κ2) is 8.18. The summed E-state index contributed by atoms with van der Waals surface area (Å²) in [5.41, 5.74) is 11.4. The Labute approximate surface area is 169 Å². The van der Waals surface area contributed by atoms with E-state index in [9.17, 15) is 9.59 Å². The molecule has 29 heavy (non-hydrogen) atoms. The van der Waals surface area contributed by atoms with Crippen molar-refractivity contribution in [3.8, 4) is 5.69 Å². The second-order valence-corrected chi connectivity index (χ2v) is 6.85. The third-order valence-electron chi connectivity index (χ3n) is 4.59. The molecule has 0 unspecified atom stereocenters. The van der Waals surface area contributed by atoms with Crippen LogP contribution < -0.4 is 11.1 Å². The van der Waals surface area contributed by atoms with Crippen molar-refractivity contribution in [3.05, 3.63) is 70.4 Å². The third-order valence-corrected chi connectivity index (χ3v) is 4.59. The van der Waals surface area contributed by atoms with Crippen molar-refractivity contribution in [3.63, 3.8) is 0 Å². The first-order valence-electron chi connectivity index (χ1n) is 9.32. The number of anilines is 2. The Bertz CT molecular complexity index is 1050. The van der Waals surface area contributed by atoms with Crippen molar-refractivity contribution >= 4 is 23.4 Å². The van der Waals surface area contributed by atoms with Gasteiger partial charge in [0.1, 0.15) is 11.4 Å². The average molecular weight is 392 g/mol. The normalized spacial score (nSPS) is 10.6. The number of hydrogen-bond donors (Lipinski definition) is 2. The molecule has 3 N–H and O–H groups in total. The Morgan fingerprint density at radius 3 is 2.31 bits per heavy atom. The molecule has 0 fully saturated rings. The van der Waals surface area contributed by atoms with E-state index in [1.165, 1.54) is 10.9 Å². The average Bonchev–Trinajstić information content (AvgIpc) is 3.06. The quantitative estimate of drug-likeness (QED) is 0.643. The highest BCUT2D eigenvalue weighted by molar-refractivity contribution is 6.05. The maximum absolute atomic E-state index is 12.7. The summed E-state index contributed by atoms with van der Waals surface area (Å²) in [6.45, 7) is 7.95. The van der Waals surface area contributed by atoms with Gasteiger partial charge in [0.2, 0.25) is 0 Å². The highest BCUT2D eigenvalue weighted by atomic mass is 16.5. The number of aryl methyl sites for hydroxylation is 3. The number of carbonyl (C=O) groups is 2. The summed E-state index contributed by atoms with van der Waals surface area (Å²) < 4.78 is 6.40. The predicted molar refractivity (Wildman–Crippen MR) is 113 cm³/mol. The fourth-order valence-electron chi connectivity index (χ4n) is 3.25. The molecule has 0 aliphatic carbocycles. The number of esters is 1. The van der Waals surface area contributed by atoms with Crippen LogP contribution in [0, 0.1) is 20.8 Å². The minimum atomic E-state index is -0.518. The van der Waals surface area contributed by atoms with Crippen LogP contribution in [0.3, 0.4) is 0 Å². The molecule has 0 aliphatic heterocycles. The van der Waals surface area contributed by atoms with Crippen LogP contribution in [0.2, 0.25) is 0 Å². The van der Waals surface area contributed by atoms with E-state index >= 15 is 0 Å². The number of amides is 1. The lowest BCUT2D eigenvalue weighted by Crippen LogP contribution is -2.14. The summed E-state index contributed by atoms with van der Waals surface area (Å²) in [7, 11) is 0. The fraction of sp³-hybridized carbons (Fsp3) is 0.227. The summed E-state index contributed by atoms with van der Waals surface area (Å²) in [6.07, 6.45) is 1.37. The van der Waals surface area contributed by atoms with Crippen LogP contribution in [0.4, 0.5) is 11.5 Å². The monoisotopic (exact) mass is 392 g/mol. The maximum atomic E-state index is 12.7. The van der Waals surface area contributed by atoms with E-state index in [0.29, 0.717) is 11.3 Å². The SMILES string of the molecule is CCOC(=O)c1cnn(-c2ccc(C(=O)Nc3c(C)cc(C)cc3C)cc2)c1N. The van der Waals surface area contributed by atoms with E-state index in [0.717, 1.165) is 22.4 Å². The summed E-state index contributed by atoms with van der Waals surface area (Å²) in [4.78, 5) is 24.6. The summed E-state index contributed by atoms with van der Waals surface area (Å²) >= 11 is 0. The largest absolute Gasteiger partial charge is 0.462 e. The molecular weight excluding hydrogens is 368 g/mol. The summed E-state index contributed by atoms with van der Waals surface area (Å²) in [6, 6.07) is 10.9. The fourth-order valence-corrected chi connectivity index (χ4v) is 3.25. The number of carbonyl (C=O) groups excluding carboxylic acids is 2.